The molecule has 0 saturated carbocycles. The summed E-state index contributed by atoms with van der Waals surface area (Å²) >= 11 is 0. The SMILES string of the molecule is OCC1NCNC1CO. The maximum atomic E-state index is 8.65. The molecule has 1 aliphatic heterocycles. The van der Waals surface area contributed by atoms with Gasteiger partial charge in [0.25, 0.3) is 0 Å². The summed E-state index contributed by atoms with van der Waals surface area (Å²) in [4.78, 5) is 0. The smallest absolute Gasteiger partial charge is 0.0601 e. The third-order valence-electron chi connectivity index (χ3n) is 1.61. The molecule has 1 aliphatic rings. The van der Waals surface area contributed by atoms with Crippen LogP contribution in [0.2, 0.25) is 0 Å². The molecule has 0 aliphatic carbocycles. The molecule has 0 amide bonds. The van der Waals surface area contributed by atoms with Gasteiger partial charge in [0.05, 0.1) is 13.2 Å². The predicted octanol–water partition coefficient (Wildman–Crippen LogP) is -2.14. The molecule has 4 nitrogen and oxygen atoms in total. The van der Waals surface area contributed by atoms with Gasteiger partial charge >= 0.3 is 0 Å². The van der Waals surface area contributed by atoms with Crippen LogP contribution in [0.4, 0.5) is 0 Å². The first-order valence-electron chi connectivity index (χ1n) is 3.07. The number of hydrogen-bond acceptors (Lipinski definition) is 4. The monoisotopic (exact) mass is 132 g/mol. The number of aliphatic hydroxyl groups is 2. The Morgan fingerprint density at radius 2 is 1.56 bits per heavy atom. The van der Waals surface area contributed by atoms with E-state index < -0.39 is 0 Å². The Balaban J connectivity index is 2.32. The highest BCUT2D eigenvalue weighted by Crippen LogP contribution is 1.96. The van der Waals surface area contributed by atoms with Crippen molar-refractivity contribution in [3.63, 3.8) is 0 Å². The van der Waals surface area contributed by atoms with Gasteiger partial charge in [0, 0.05) is 18.8 Å². The summed E-state index contributed by atoms with van der Waals surface area (Å²) in [6, 6.07) is 0.0463. The van der Waals surface area contributed by atoms with E-state index in [2.05, 4.69) is 10.6 Å². The summed E-state index contributed by atoms with van der Waals surface area (Å²) in [5.41, 5.74) is 0. The van der Waals surface area contributed by atoms with Crippen molar-refractivity contribution in [2.45, 2.75) is 12.1 Å². The van der Waals surface area contributed by atoms with Crippen molar-refractivity contribution < 1.29 is 10.2 Å². The zero-order valence-electron chi connectivity index (χ0n) is 5.17. The van der Waals surface area contributed by atoms with Gasteiger partial charge in [-0.2, -0.15) is 0 Å². The molecule has 1 saturated heterocycles. The number of hydrogen-bond donors (Lipinski definition) is 4. The van der Waals surface area contributed by atoms with E-state index in [-0.39, 0.29) is 25.3 Å². The maximum Gasteiger partial charge on any atom is 0.0601 e. The lowest BCUT2D eigenvalue weighted by molar-refractivity contribution is 0.195. The van der Waals surface area contributed by atoms with Gasteiger partial charge in [0.2, 0.25) is 0 Å². The molecule has 0 radical (unpaired) electrons. The van der Waals surface area contributed by atoms with E-state index in [9.17, 15) is 0 Å². The van der Waals surface area contributed by atoms with Crippen molar-refractivity contribution in [2.75, 3.05) is 19.9 Å². The van der Waals surface area contributed by atoms with Gasteiger partial charge in [0.1, 0.15) is 0 Å². The molecule has 1 heterocycles. The summed E-state index contributed by atoms with van der Waals surface area (Å²) in [5.74, 6) is 0. The van der Waals surface area contributed by atoms with Crippen molar-refractivity contribution >= 4 is 0 Å². The zero-order valence-corrected chi connectivity index (χ0v) is 5.17. The van der Waals surface area contributed by atoms with Crippen molar-refractivity contribution in [2.24, 2.45) is 0 Å². The van der Waals surface area contributed by atoms with Crippen LogP contribution in [-0.2, 0) is 0 Å². The van der Waals surface area contributed by atoms with E-state index in [1.165, 1.54) is 0 Å². The van der Waals surface area contributed by atoms with Crippen LogP contribution in [0.15, 0.2) is 0 Å². The molecule has 2 atom stereocenters. The second-order valence-electron chi connectivity index (χ2n) is 2.16. The molecule has 0 aromatic carbocycles. The molecular weight excluding hydrogens is 120 g/mol. The van der Waals surface area contributed by atoms with E-state index in [0.29, 0.717) is 6.67 Å². The molecule has 0 aromatic heterocycles. The minimum atomic E-state index is 0.0231. The second-order valence-corrected chi connectivity index (χ2v) is 2.16. The summed E-state index contributed by atoms with van der Waals surface area (Å²) in [5, 5.41) is 23.3. The Bertz CT molecular complexity index is 79.0. The van der Waals surface area contributed by atoms with Crippen LogP contribution < -0.4 is 10.6 Å². The molecule has 0 spiro atoms. The number of aliphatic hydroxyl groups excluding tert-OH is 2. The highest BCUT2D eigenvalue weighted by molar-refractivity contribution is 4.86. The fraction of sp³-hybridized carbons (Fsp3) is 1.00. The summed E-state index contributed by atoms with van der Waals surface area (Å²) < 4.78 is 0. The zero-order chi connectivity index (χ0) is 6.69. The average molecular weight is 132 g/mol. The number of nitrogens with one attached hydrogen (secondary N) is 2. The van der Waals surface area contributed by atoms with Crippen LogP contribution in [0.1, 0.15) is 0 Å². The van der Waals surface area contributed by atoms with Gasteiger partial charge in [-0.1, -0.05) is 0 Å². The highest BCUT2D eigenvalue weighted by Gasteiger charge is 2.23. The van der Waals surface area contributed by atoms with Crippen molar-refractivity contribution in [3.8, 4) is 0 Å². The first-order chi connectivity index (χ1) is 4.38. The van der Waals surface area contributed by atoms with Gasteiger partial charge in [0.15, 0.2) is 0 Å². The second kappa shape index (κ2) is 3.12. The summed E-state index contributed by atoms with van der Waals surface area (Å²) in [6.07, 6.45) is 0. The lowest BCUT2D eigenvalue weighted by Crippen LogP contribution is -2.39. The first-order valence-corrected chi connectivity index (χ1v) is 3.07. The summed E-state index contributed by atoms with van der Waals surface area (Å²) in [7, 11) is 0. The molecule has 4 heteroatoms. The Morgan fingerprint density at radius 1 is 1.11 bits per heavy atom. The Labute approximate surface area is 53.9 Å². The standard InChI is InChI=1S/C5H12N2O2/c8-1-4-5(2-9)7-3-6-4/h4-9H,1-3H2. The molecule has 0 bridgehead atoms. The van der Waals surface area contributed by atoms with Crippen LogP contribution in [0.5, 0.6) is 0 Å². The van der Waals surface area contributed by atoms with Crippen LogP contribution >= 0.6 is 0 Å². The molecular formula is C5H12N2O2. The fourth-order valence-electron chi connectivity index (χ4n) is 0.989. The van der Waals surface area contributed by atoms with E-state index in [0.717, 1.165) is 0 Å². The van der Waals surface area contributed by atoms with E-state index in [1.807, 2.05) is 0 Å². The van der Waals surface area contributed by atoms with Crippen molar-refractivity contribution in [3.05, 3.63) is 0 Å². The molecule has 54 valence electrons. The van der Waals surface area contributed by atoms with Gasteiger partial charge in [-0.15, -0.1) is 0 Å². The quantitative estimate of drug-likeness (QED) is 0.346. The van der Waals surface area contributed by atoms with E-state index in [4.69, 9.17) is 10.2 Å². The molecule has 2 unspecified atom stereocenters. The molecule has 1 fully saturated rings. The summed E-state index contributed by atoms with van der Waals surface area (Å²) in [6.45, 7) is 0.840. The minimum absolute atomic E-state index is 0.0231. The normalized spacial score (nSPS) is 35.3. The lowest BCUT2D eigenvalue weighted by Gasteiger charge is -2.12. The average Bonchev–Trinajstić information content (AvgIpc) is 2.33. The van der Waals surface area contributed by atoms with E-state index >= 15 is 0 Å². The Kier molecular flexibility index (Phi) is 2.41. The highest BCUT2D eigenvalue weighted by atomic mass is 16.3. The van der Waals surface area contributed by atoms with Crippen molar-refractivity contribution in [1.29, 1.82) is 0 Å². The molecule has 9 heavy (non-hydrogen) atoms. The topological polar surface area (TPSA) is 64.5 Å². The van der Waals surface area contributed by atoms with Gasteiger partial charge in [-0.3, -0.25) is 10.6 Å². The first kappa shape index (κ1) is 6.95. The molecule has 0 aromatic rings. The molecule has 4 N–H and O–H groups in total. The van der Waals surface area contributed by atoms with Crippen molar-refractivity contribution in [1.82, 2.24) is 10.6 Å². The maximum absolute atomic E-state index is 8.65. The van der Waals surface area contributed by atoms with Crippen LogP contribution in [0.3, 0.4) is 0 Å². The third kappa shape index (κ3) is 1.40. The van der Waals surface area contributed by atoms with Gasteiger partial charge in [-0.05, 0) is 0 Å². The van der Waals surface area contributed by atoms with Gasteiger partial charge in [-0.25, -0.2) is 0 Å². The van der Waals surface area contributed by atoms with Gasteiger partial charge < -0.3 is 10.2 Å². The predicted molar refractivity (Wildman–Crippen MR) is 32.9 cm³/mol. The fourth-order valence-corrected chi connectivity index (χ4v) is 0.989. The minimum Gasteiger partial charge on any atom is -0.395 e. The Hall–Kier alpha value is -0.160. The van der Waals surface area contributed by atoms with E-state index in [1.54, 1.807) is 0 Å². The van der Waals surface area contributed by atoms with Crippen LogP contribution in [-0.4, -0.2) is 42.2 Å². The number of rotatable bonds is 2. The largest absolute Gasteiger partial charge is 0.395 e. The third-order valence-corrected chi connectivity index (χ3v) is 1.61. The molecule has 1 rings (SSSR count). The van der Waals surface area contributed by atoms with Crippen LogP contribution in [0.25, 0.3) is 0 Å². The van der Waals surface area contributed by atoms with Crippen LogP contribution in [0, 0.1) is 0 Å². The lowest BCUT2D eigenvalue weighted by atomic mass is 10.2. The Morgan fingerprint density at radius 3 is 1.89 bits per heavy atom.